The van der Waals surface area contributed by atoms with Crippen molar-refractivity contribution in [3.63, 3.8) is 0 Å². The lowest BCUT2D eigenvalue weighted by atomic mass is 9.82. The number of ether oxygens (including phenoxy) is 1. The van der Waals surface area contributed by atoms with Crippen molar-refractivity contribution in [2.45, 2.75) is 51.0 Å². The van der Waals surface area contributed by atoms with Gasteiger partial charge in [0.1, 0.15) is 5.75 Å². The molecule has 0 bridgehead atoms. The first kappa shape index (κ1) is 15.8. The average Bonchev–Trinajstić information content (AvgIpc) is 2.54. The van der Waals surface area contributed by atoms with E-state index in [0.29, 0.717) is 5.75 Å². The summed E-state index contributed by atoms with van der Waals surface area (Å²) in [7, 11) is 0. The van der Waals surface area contributed by atoms with E-state index in [1.807, 2.05) is 24.3 Å². The third-order valence-electron chi connectivity index (χ3n) is 4.22. The first-order valence-electron chi connectivity index (χ1n) is 7.81. The quantitative estimate of drug-likeness (QED) is 0.846. The van der Waals surface area contributed by atoms with E-state index in [2.05, 4.69) is 12.2 Å². The molecule has 1 aliphatic carbocycles. The van der Waals surface area contributed by atoms with Crippen LogP contribution in [0, 0.1) is 0 Å². The fraction of sp³-hybridized carbons (Fsp3) is 0.588. The van der Waals surface area contributed by atoms with Crippen LogP contribution in [0.4, 0.5) is 0 Å². The molecule has 1 aromatic carbocycles. The zero-order valence-electron chi connectivity index (χ0n) is 12.7. The molecular weight excluding hydrogens is 266 g/mol. The van der Waals surface area contributed by atoms with Gasteiger partial charge in [0, 0.05) is 0 Å². The number of rotatable bonds is 6. The van der Waals surface area contributed by atoms with E-state index >= 15 is 0 Å². The Morgan fingerprint density at radius 1 is 1.24 bits per heavy atom. The van der Waals surface area contributed by atoms with E-state index in [1.54, 1.807) is 0 Å². The molecule has 2 rings (SSSR count). The summed E-state index contributed by atoms with van der Waals surface area (Å²) < 4.78 is 5.50. The largest absolute Gasteiger partial charge is 0.484 e. The molecular formula is C17H25NO3. The lowest BCUT2D eigenvalue weighted by molar-refractivity contribution is -0.126. The van der Waals surface area contributed by atoms with Crippen LogP contribution in [-0.4, -0.2) is 29.8 Å². The highest BCUT2D eigenvalue weighted by molar-refractivity contribution is 5.78. The topological polar surface area (TPSA) is 58.6 Å². The summed E-state index contributed by atoms with van der Waals surface area (Å²) in [4.78, 5) is 12.0. The SMILES string of the molecule is CCc1ccc(OCC(=O)NC2(CO)CCCCC2)cc1. The van der Waals surface area contributed by atoms with Crippen molar-refractivity contribution >= 4 is 5.91 Å². The Bertz CT molecular complexity index is 450. The predicted octanol–water partition coefficient (Wildman–Crippen LogP) is 2.44. The normalized spacial score (nSPS) is 17.2. The van der Waals surface area contributed by atoms with E-state index in [0.717, 1.165) is 32.1 Å². The molecule has 1 aromatic rings. The van der Waals surface area contributed by atoms with Gasteiger partial charge >= 0.3 is 0 Å². The molecule has 0 saturated heterocycles. The zero-order chi connectivity index (χ0) is 15.1. The van der Waals surface area contributed by atoms with E-state index in [9.17, 15) is 9.90 Å². The molecule has 4 nitrogen and oxygen atoms in total. The van der Waals surface area contributed by atoms with Crippen molar-refractivity contribution in [2.24, 2.45) is 0 Å². The van der Waals surface area contributed by atoms with Gasteiger partial charge in [0.25, 0.3) is 5.91 Å². The molecule has 1 fully saturated rings. The summed E-state index contributed by atoms with van der Waals surface area (Å²) in [6.45, 7) is 2.10. The number of aryl methyl sites for hydroxylation is 1. The fourth-order valence-corrected chi connectivity index (χ4v) is 2.85. The second-order valence-electron chi connectivity index (χ2n) is 5.83. The van der Waals surface area contributed by atoms with Crippen LogP contribution < -0.4 is 10.1 Å². The van der Waals surface area contributed by atoms with Crippen molar-refractivity contribution in [3.8, 4) is 5.75 Å². The van der Waals surface area contributed by atoms with E-state index < -0.39 is 5.54 Å². The molecule has 1 saturated carbocycles. The molecule has 0 heterocycles. The smallest absolute Gasteiger partial charge is 0.258 e. The van der Waals surface area contributed by atoms with Crippen LogP contribution in [0.2, 0.25) is 0 Å². The number of carbonyl (C=O) groups is 1. The molecule has 4 heteroatoms. The van der Waals surface area contributed by atoms with Crippen molar-refractivity contribution in [2.75, 3.05) is 13.2 Å². The minimum atomic E-state index is -0.440. The van der Waals surface area contributed by atoms with E-state index in [1.165, 1.54) is 12.0 Å². The minimum Gasteiger partial charge on any atom is -0.484 e. The molecule has 0 spiro atoms. The maximum atomic E-state index is 12.0. The first-order chi connectivity index (χ1) is 10.2. The summed E-state index contributed by atoms with van der Waals surface area (Å²) in [5, 5.41) is 12.5. The number of hydrogen-bond donors (Lipinski definition) is 2. The summed E-state index contributed by atoms with van der Waals surface area (Å²) in [5.41, 5.74) is 0.804. The van der Waals surface area contributed by atoms with Crippen molar-refractivity contribution < 1.29 is 14.6 Å². The second-order valence-corrected chi connectivity index (χ2v) is 5.83. The van der Waals surface area contributed by atoms with E-state index in [4.69, 9.17) is 4.74 Å². The van der Waals surface area contributed by atoms with Gasteiger partial charge in [-0.05, 0) is 37.0 Å². The van der Waals surface area contributed by atoms with Crippen molar-refractivity contribution in [3.05, 3.63) is 29.8 Å². The highest BCUT2D eigenvalue weighted by atomic mass is 16.5. The standard InChI is InChI=1S/C17H25NO3/c1-2-14-6-8-15(9-7-14)21-12-16(20)18-17(13-19)10-4-3-5-11-17/h6-9,19H,2-5,10-13H2,1H3,(H,18,20). The highest BCUT2D eigenvalue weighted by Crippen LogP contribution is 2.27. The highest BCUT2D eigenvalue weighted by Gasteiger charge is 2.32. The zero-order valence-corrected chi connectivity index (χ0v) is 12.7. The van der Waals surface area contributed by atoms with Gasteiger partial charge in [-0.25, -0.2) is 0 Å². The Hall–Kier alpha value is -1.55. The molecule has 0 aliphatic heterocycles. The lowest BCUT2D eigenvalue weighted by Gasteiger charge is -2.36. The van der Waals surface area contributed by atoms with Gasteiger partial charge in [-0.2, -0.15) is 0 Å². The van der Waals surface area contributed by atoms with Crippen LogP contribution >= 0.6 is 0 Å². The Morgan fingerprint density at radius 3 is 2.48 bits per heavy atom. The minimum absolute atomic E-state index is 0.00391. The third kappa shape index (κ3) is 4.46. The van der Waals surface area contributed by atoms with Gasteiger partial charge in [0.15, 0.2) is 6.61 Å². The molecule has 2 N–H and O–H groups in total. The van der Waals surface area contributed by atoms with Gasteiger partial charge in [-0.1, -0.05) is 38.3 Å². The van der Waals surface area contributed by atoms with Crippen molar-refractivity contribution in [1.29, 1.82) is 0 Å². The van der Waals surface area contributed by atoms with Gasteiger partial charge in [-0.15, -0.1) is 0 Å². The number of aliphatic hydroxyl groups is 1. The van der Waals surface area contributed by atoms with Crippen LogP contribution in [0.25, 0.3) is 0 Å². The average molecular weight is 291 g/mol. The molecule has 116 valence electrons. The first-order valence-corrected chi connectivity index (χ1v) is 7.81. The molecule has 0 unspecified atom stereocenters. The Labute approximate surface area is 126 Å². The second kappa shape index (κ2) is 7.46. The predicted molar refractivity (Wildman–Crippen MR) is 82.4 cm³/mol. The maximum absolute atomic E-state index is 12.0. The summed E-state index contributed by atoms with van der Waals surface area (Å²) in [6, 6.07) is 7.77. The van der Waals surface area contributed by atoms with E-state index in [-0.39, 0.29) is 19.1 Å². The van der Waals surface area contributed by atoms with Crippen LogP contribution in [0.3, 0.4) is 0 Å². The van der Waals surface area contributed by atoms with Crippen LogP contribution in [-0.2, 0) is 11.2 Å². The van der Waals surface area contributed by atoms with Gasteiger partial charge in [0.05, 0.1) is 12.1 Å². The van der Waals surface area contributed by atoms with Crippen LogP contribution in [0.5, 0.6) is 5.75 Å². The molecule has 1 amide bonds. The number of hydrogen-bond acceptors (Lipinski definition) is 3. The van der Waals surface area contributed by atoms with Gasteiger partial charge in [-0.3, -0.25) is 4.79 Å². The third-order valence-corrected chi connectivity index (χ3v) is 4.22. The Balaban J connectivity index is 1.83. The summed E-state index contributed by atoms with van der Waals surface area (Å²) in [5.74, 6) is 0.537. The molecule has 0 aromatic heterocycles. The number of amides is 1. The van der Waals surface area contributed by atoms with Crippen LogP contribution in [0.1, 0.15) is 44.6 Å². The number of aliphatic hydroxyl groups excluding tert-OH is 1. The molecule has 1 aliphatic rings. The molecule has 21 heavy (non-hydrogen) atoms. The maximum Gasteiger partial charge on any atom is 0.258 e. The Morgan fingerprint density at radius 2 is 1.90 bits per heavy atom. The number of benzene rings is 1. The summed E-state index contributed by atoms with van der Waals surface area (Å²) >= 11 is 0. The van der Waals surface area contributed by atoms with Crippen molar-refractivity contribution in [1.82, 2.24) is 5.32 Å². The van der Waals surface area contributed by atoms with Gasteiger partial charge in [0.2, 0.25) is 0 Å². The summed E-state index contributed by atoms with van der Waals surface area (Å²) in [6.07, 6.45) is 5.97. The van der Waals surface area contributed by atoms with Gasteiger partial charge < -0.3 is 15.2 Å². The molecule has 0 atom stereocenters. The number of carbonyl (C=O) groups excluding carboxylic acids is 1. The fourth-order valence-electron chi connectivity index (χ4n) is 2.85. The molecule has 0 radical (unpaired) electrons. The monoisotopic (exact) mass is 291 g/mol. The number of nitrogens with one attached hydrogen (secondary N) is 1. The van der Waals surface area contributed by atoms with Crippen LogP contribution in [0.15, 0.2) is 24.3 Å². The lowest BCUT2D eigenvalue weighted by Crippen LogP contribution is -2.53. The Kier molecular flexibility index (Phi) is 5.62.